The van der Waals surface area contributed by atoms with E-state index in [0.29, 0.717) is 21.9 Å². The molecule has 4 rings (SSSR count). The number of fused-ring (bicyclic) bond motifs is 1. The van der Waals surface area contributed by atoms with E-state index in [1.165, 1.54) is 19.2 Å². The zero-order valence-electron chi connectivity index (χ0n) is 16.2. The zero-order valence-corrected chi connectivity index (χ0v) is 16.9. The van der Waals surface area contributed by atoms with E-state index in [9.17, 15) is 14.0 Å². The Balaban J connectivity index is 1.70. The van der Waals surface area contributed by atoms with E-state index < -0.39 is 23.2 Å². The van der Waals surface area contributed by atoms with Crippen molar-refractivity contribution in [1.82, 2.24) is 9.88 Å². The van der Waals surface area contributed by atoms with E-state index in [-0.39, 0.29) is 24.3 Å². The Bertz CT molecular complexity index is 1190. The van der Waals surface area contributed by atoms with Crippen molar-refractivity contribution < 1.29 is 28.6 Å². The number of ether oxygens (including phenoxy) is 2. The minimum absolute atomic E-state index is 0.0700. The van der Waals surface area contributed by atoms with E-state index in [4.69, 9.17) is 26.2 Å². The van der Waals surface area contributed by atoms with Gasteiger partial charge in [0.2, 0.25) is 0 Å². The van der Waals surface area contributed by atoms with Gasteiger partial charge in [0.25, 0.3) is 5.91 Å². The first-order chi connectivity index (χ1) is 14.3. The second kappa shape index (κ2) is 7.30. The van der Waals surface area contributed by atoms with Gasteiger partial charge in [0.15, 0.2) is 0 Å². The maximum atomic E-state index is 14.7. The molecule has 1 fully saturated rings. The quantitative estimate of drug-likeness (QED) is 0.645. The van der Waals surface area contributed by atoms with Gasteiger partial charge in [-0.1, -0.05) is 17.7 Å². The Hall–Kier alpha value is -3.10. The molecule has 0 saturated carbocycles. The van der Waals surface area contributed by atoms with Gasteiger partial charge in [-0.2, -0.15) is 0 Å². The number of carbonyl (C=O) groups excluding carboxylic acids is 1. The number of carboxylic acids is 1. The smallest absolute Gasteiger partial charge is 0.335 e. The molecular weight excluding hydrogens is 415 g/mol. The number of hydrogen-bond donors (Lipinski definition) is 2. The number of nitrogens with one attached hydrogen (secondary N) is 1. The SMILES string of the molecule is COc1ccc2c(cc(C(=O)NC3(c4ccc(C(=O)O)cc4F)COC3)n2C)c1Cl. The first-order valence-electron chi connectivity index (χ1n) is 9.03. The van der Waals surface area contributed by atoms with Crippen molar-refractivity contribution in [3.63, 3.8) is 0 Å². The number of rotatable bonds is 5. The number of hydrogen-bond acceptors (Lipinski definition) is 4. The average Bonchev–Trinajstić information content (AvgIpc) is 3.03. The van der Waals surface area contributed by atoms with E-state index in [0.717, 1.165) is 11.6 Å². The van der Waals surface area contributed by atoms with Crippen LogP contribution in [0.5, 0.6) is 5.75 Å². The van der Waals surface area contributed by atoms with Crippen LogP contribution in [0, 0.1) is 5.82 Å². The van der Waals surface area contributed by atoms with Crippen LogP contribution in [0.1, 0.15) is 26.4 Å². The molecule has 3 aromatic rings. The molecule has 0 aliphatic carbocycles. The Morgan fingerprint density at radius 1 is 1.27 bits per heavy atom. The number of nitrogens with zero attached hydrogens (tertiary/aromatic N) is 1. The maximum absolute atomic E-state index is 14.7. The number of carboxylic acid groups (broad SMARTS) is 1. The summed E-state index contributed by atoms with van der Waals surface area (Å²) in [6.07, 6.45) is 0. The van der Waals surface area contributed by atoms with Gasteiger partial charge in [-0.15, -0.1) is 0 Å². The number of aryl methyl sites for hydroxylation is 1. The van der Waals surface area contributed by atoms with Crippen molar-refractivity contribution in [3.8, 4) is 5.75 Å². The number of amides is 1. The third-order valence-corrected chi connectivity index (χ3v) is 5.75. The van der Waals surface area contributed by atoms with Crippen molar-refractivity contribution in [2.45, 2.75) is 5.54 Å². The Labute approximate surface area is 176 Å². The largest absolute Gasteiger partial charge is 0.495 e. The second-order valence-electron chi connectivity index (χ2n) is 7.13. The lowest BCUT2D eigenvalue weighted by Crippen LogP contribution is -2.60. The van der Waals surface area contributed by atoms with Gasteiger partial charge in [-0.25, -0.2) is 9.18 Å². The standard InChI is InChI=1S/C21H18ClFN2O5/c1-25-15-5-6-17(29-2)18(22)12(15)8-16(25)19(26)24-21(9-30-10-21)13-4-3-11(20(27)28)7-14(13)23/h3-8H,9-10H2,1-2H3,(H,24,26)(H,27,28). The number of methoxy groups -OCH3 is 1. The van der Waals surface area contributed by atoms with E-state index in [1.54, 1.807) is 29.8 Å². The molecule has 0 atom stereocenters. The van der Waals surface area contributed by atoms with Gasteiger partial charge in [0, 0.05) is 18.0 Å². The van der Waals surface area contributed by atoms with Crippen molar-refractivity contribution in [2.75, 3.05) is 20.3 Å². The van der Waals surface area contributed by atoms with Crippen molar-refractivity contribution in [3.05, 3.63) is 64.1 Å². The minimum atomic E-state index is -1.23. The van der Waals surface area contributed by atoms with Crippen molar-refractivity contribution >= 4 is 34.4 Å². The number of benzene rings is 2. The topological polar surface area (TPSA) is 89.8 Å². The number of carbonyl (C=O) groups is 2. The molecule has 30 heavy (non-hydrogen) atoms. The first kappa shape index (κ1) is 20.2. The lowest BCUT2D eigenvalue weighted by Gasteiger charge is -2.42. The summed E-state index contributed by atoms with van der Waals surface area (Å²) in [6, 6.07) is 8.76. The first-order valence-corrected chi connectivity index (χ1v) is 9.41. The Morgan fingerprint density at radius 2 is 2.00 bits per heavy atom. The van der Waals surface area contributed by atoms with Gasteiger partial charge in [0.05, 0.1) is 36.4 Å². The van der Waals surface area contributed by atoms with Crippen LogP contribution in [0.2, 0.25) is 5.02 Å². The second-order valence-corrected chi connectivity index (χ2v) is 7.51. The predicted molar refractivity (Wildman–Crippen MR) is 108 cm³/mol. The summed E-state index contributed by atoms with van der Waals surface area (Å²) < 4.78 is 26.8. The molecule has 1 aliphatic rings. The molecule has 2 aromatic carbocycles. The van der Waals surface area contributed by atoms with Gasteiger partial charge in [0.1, 0.15) is 22.8 Å². The molecule has 9 heteroatoms. The van der Waals surface area contributed by atoms with Crippen LogP contribution in [0.4, 0.5) is 4.39 Å². The molecule has 0 unspecified atom stereocenters. The fourth-order valence-corrected chi connectivity index (χ4v) is 3.94. The monoisotopic (exact) mass is 432 g/mol. The third-order valence-electron chi connectivity index (χ3n) is 5.36. The summed E-state index contributed by atoms with van der Waals surface area (Å²) in [5.41, 5.74) is -0.0208. The van der Waals surface area contributed by atoms with E-state index >= 15 is 0 Å². The molecular formula is C21H18ClFN2O5. The van der Waals surface area contributed by atoms with Gasteiger partial charge < -0.3 is 24.5 Å². The maximum Gasteiger partial charge on any atom is 0.335 e. The predicted octanol–water partition coefficient (Wildman–Crippen LogP) is 3.33. The third kappa shape index (κ3) is 3.09. The molecule has 156 valence electrons. The minimum Gasteiger partial charge on any atom is -0.495 e. The summed E-state index contributed by atoms with van der Waals surface area (Å²) >= 11 is 6.37. The molecule has 0 radical (unpaired) electrons. The molecule has 7 nitrogen and oxygen atoms in total. The molecule has 1 amide bonds. The highest BCUT2D eigenvalue weighted by Gasteiger charge is 2.44. The van der Waals surface area contributed by atoms with Gasteiger partial charge >= 0.3 is 5.97 Å². The molecule has 0 spiro atoms. The highest BCUT2D eigenvalue weighted by atomic mass is 35.5. The fourth-order valence-electron chi connectivity index (χ4n) is 3.65. The highest BCUT2D eigenvalue weighted by molar-refractivity contribution is 6.37. The lowest BCUT2D eigenvalue weighted by atomic mass is 9.86. The summed E-state index contributed by atoms with van der Waals surface area (Å²) in [5, 5.41) is 12.9. The summed E-state index contributed by atoms with van der Waals surface area (Å²) in [6.45, 7) is 0.140. The van der Waals surface area contributed by atoms with Crippen LogP contribution in [0.25, 0.3) is 10.9 Å². The molecule has 1 aliphatic heterocycles. The van der Waals surface area contributed by atoms with E-state index in [2.05, 4.69) is 5.32 Å². The molecule has 2 N–H and O–H groups in total. The van der Waals surface area contributed by atoms with Crippen LogP contribution in [0.3, 0.4) is 0 Å². The van der Waals surface area contributed by atoms with Crippen LogP contribution in [0.15, 0.2) is 36.4 Å². The highest BCUT2D eigenvalue weighted by Crippen LogP contribution is 2.36. The van der Waals surface area contributed by atoms with Crippen LogP contribution in [-0.2, 0) is 17.3 Å². The fraction of sp³-hybridized carbons (Fsp3) is 0.238. The lowest BCUT2D eigenvalue weighted by molar-refractivity contribution is -0.0750. The Kier molecular flexibility index (Phi) is 4.91. The summed E-state index contributed by atoms with van der Waals surface area (Å²) in [5.74, 6) is -1.89. The van der Waals surface area contributed by atoms with Crippen LogP contribution >= 0.6 is 11.6 Å². The zero-order chi connectivity index (χ0) is 21.6. The Morgan fingerprint density at radius 3 is 2.57 bits per heavy atom. The van der Waals surface area contributed by atoms with Gasteiger partial charge in [-0.3, -0.25) is 4.79 Å². The average molecular weight is 433 g/mol. The summed E-state index contributed by atoms with van der Waals surface area (Å²) in [7, 11) is 3.24. The van der Waals surface area contributed by atoms with Crippen LogP contribution < -0.4 is 10.1 Å². The van der Waals surface area contributed by atoms with Crippen molar-refractivity contribution in [1.29, 1.82) is 0 Å². The van der Waals surface area contributed by atoms with E-state index in [1.807, 2.05) is 0 Å². The van der Waals surface area contributed by atoms with Crippen molar-refractivity contribution in [2.24, 2.45) is 7.05 Å². The molecule has 1 aromatic heterocycles. The molecule has 2 heterocycles. The number of aromatic carboxylic acids is 1. The van der Waals surface area contributed by atoms with Crippen LogP contribution in [-0.4, -0.2) is 41.9 Å². The molecule has 0 bridgehead atoms. The summed E-state index contributed by atoms with van der Waals surface area (Å²) in [4.78, 5) is 24.2. The molecule has 1 saturated heterocycles. The number of aromatic nitrogens is 1. The normalized spacial score (nSPS) is 14.9. The van der Waals surface area contributed by atoms with Gasteiger partial charge in [-0.05, 0) is 30.3 Å². The number of halogens is 2.